The van der Waals surface area contributed by atoms with Gasteiger partial charge in [-0.25, -0.2) is 4.98 Å². The number of rotatable bonds is 5. The Labute approximate surface area is 119 Å². The van der Waals surface area contributed by atoms with Gasteiger partial charge in [-0.15, -0.1) is 0 Å². The van der Waals surface area contributed by atoms with Crippen LogP contribution in [0, 0.1) is 0 Å². The van der Waals surface area contributed by atoms with E-state index >= 15 is 0 Å². The lowest BCUT2D eigenvalue weighted by Crippen LogP contribution is -2.28. The molecule has 104 valence electrons. The van der Waals surface area contributed by atoms with E-state index in [0.29, 0.717) is 5.69 Å². The van der Waals surface area contributed by atoms with E-state index in [9.17, 15) is 4.79 Å². The van der Waals surface area contributed by atoms with Crippen molar-refractivity contribution in [1.29, 1.82) is 0 Å². The summed E-state index contributed by atoms with van der Waals surface area (Å²) >= 11 is 0. The van der Waals surface area contributed by atoms with Crippen molar-refractivity contribution in [2.75, 3.05) is 12.4 Å². The van der Waals surface area contributed by atoms with E-state index in [0.717, 1.165) is 17.7 Å². The molecule has 0 spiro atoms. The van der Waals surface area contributed by atoms with Crippen molar-refractivity contribution < 1.29 is 4.79 Å². The van der Waals surface area contributed by atoms with Crippen molar-refractivity contribution in [3.05, 3.63) is 59.9 Å². The maximum atomic E-state index is 12.2. The molecule has 0 saturated heterocycles. The van der Waals surface area contributed by atoms with E-state index in [1.54, 1.807) is 12.3 Å². The van der Waals surface area contributed by atoms with Crippen molar-refractivity contribution in [3.63, 3.8) is 0 Å². The molecule has 0 aliphatic rings. The van der Waals surface area contributed by atoms with Gasteiger partial charge in [0.1, 0.15) is 5.69 Å². The number of amides is 1. The highest BCUT2D eigenvalue weighted by Crippen LogP contribution is 2.16. The van der Waals surface area contributed by atoms with Gasteiger partial charge in [-0.2, -0.15) is 0 Å². The summed E-state index contributed by atoms with van der Waals surface area (Å²) < 4.78 is 0. The average Bonchev–Trinajstić information content (AvgIpc) is 2.53. The lowest BCUT2D eigenvalue weighted by Gasteiger charge is -2.17. The summed E-state index contributed by atoms with van der Waals surface area (Å²) in [6.45, 7) is 2.05. The zero-order chi connectivity index (χ0) is 14.4. The maximum Gasteiger partial charge on any atom is 0.270 e. The number of nitrogens with one attached hydrogen (secondary N) is 2. The van der Waals surface area contributed by atoms with E-state index in [1.165, 1.54) is 0 Å². The third-order valence-corrected chi connectivity index (χ3v) is 3.20. The minimum atomic E-state index is -0.150. The van der Waals surface area contributed by atoms with Gasteiger partial charge in [-0.05, 0) is 24.1 Å². The van der Waals surface area contributed by atoms with Gasteiger partial charge in [0.25, 0.3) is 5.91 Å². The third kappa shape index (κ3) is 3.35. The predicted octanol–water partition coefficient (Wildman–Crippen LogP) is 3.00. The second-order valence-electron chi connectivity index (χ2n) is 4.53. The van der Waals surface area contributed by atoms with E-state index in [-0.39, 0.29) is 11.9 Å². The Hall–Kier alpha value is -2.36. The van der Waals surface area contributed by atoms with Gasteiger partial charge < -0.3 is 10.6 Å². The van der Waals surface area contributed by atoms with Gasteiger partial charge in [-0.1, -0.05) is 37.3 Å². The van der Waals surface area contributed by atoms with Crippen molar-refractivity contribution in [2.24, 2.45) is 0 Å². The molecule has 0 fully saturated rings. The standard InChI is InChI=1S/C16H19N3O/c1-3-14(12-7-5-4-6-8-12)19-16(20)15-10-9-13(17-2)11-18-15/h4-11,14,17H,3H2,1-2H3,(H,19,20). The molecular formula is C16H19N3O. The third-order valence-electron chi connectivity index (χ3n) is 3.20. The van der Waals surface area contributed by atoms with Gasteiger partial charge in [0.05, 0.1) is 17.9 Å². The monoisotopic (exact) mass is 269 g/mol. The minimum Gasteiger partial charge on any atom is -0.387 e. The largest absolute Gasteiger partial charge is 0.387 e. The maximum absolute atomic E-state index is 12.2. The number of carbonyl (C=O) groups excluding carboxylic acids is 1. The smallest absolute Gasteiger partial charge is 0.270 e. The molecule has 4 heteroatoms. The Morgan fingerprint density at radius 3 is 2.50 bits per heavy atom. The number of anilines is 1. The van der Waals surface area contributed by atoms with E-state index in [4.69, 9.17) is 0 Å². The summed E-state index contributed by atoms with van der Waals surface area (Å²) in [7, 11) is 1.82. The van der Waals surface area contributed by atoms with Crippen LogP contribution >= 0.6 is 0 Å². The summed E-state index contributed by atoms with van der Waals surface area (Å²) in [5, 5.41) is 5.99. The fourth-order valence-corrected chi connectivity index (χ4v) is 2.01. The normalized spacial score (nSPS) is 11.7. The molecule has 0 aliphatic heterocycles. The quantitative estimate of drug-likeness (QED) is 0.877. The van der Waals surface area contributed by atoms with Crippen LogP contribution in [-0.2, 0) is 0 Å². The van der Waals surface area contributed by atoms with Crippen LogP contribution in [0.5, 0.6) is 0 Å². The zero-order valence-corrected chi connectivity index (χ0v) is 11.8. The molecule has 2 rings (SSSR count). The fraction of sp³-hybridized carbons (Fsp3) is 0.250. The molecule has 0 saturated carbocycles. The highest BCUT2D eigenvalue weighted by molar-refractivity contribution is 5.92. The number of nitrogens with zero attached hydrogens (tertiary/aromatic N) is 1. The first-order valence-corrected chi connectivity index (χ1v) is 6.74. The highest BCUT2D eigenvalue weighted by atomic mass is 16.1. The Morgan fingerprint density at radius 2 is 1.95 bits per heavy atom. The topological polar surface area (TPSA) is 54.0 Å². The van der Waals surface area contributed by atoms with Crippen LogP contribution in [0.2, 0.25) is 0 Å². The molecule has 0 bridgehead atoms. The minimum absolute atomic E-state index is 0.00877. The first kappa shape index (κ1) is 14.1. The fourth-order valence-electron chi connectivity index (χ4n) is 2.01. The molecule has 2 aromatic rings. The summed E-state index contributed by atoms with van der Waals surface area (Å²) in [6, 6.07) is 13.5. The zero-order valence-electron chi connectivity index (χ0n) is 11.8. The van der Waals surface area contributed by atoms with E-state index in [1.807, 2.05) is 43.4 Å². The van der Waals surface area contributed by atoms with Crippen molar-refractivity contribution in [3.8, 4) is 0 Å². The summed E-state index contributed by atoms with van der Waals surface area (Å²) in [5.41, 5.74) is 2.42. The van der Waals surface area contributed by atoms with Gasteiger partial charge in [0.15, 0.2) is 0 Å². The van der Waals surface area contributed by atoms with Gasteiger partial charge in [0.2, 0.25) is 0 Å². The van der Waals surface area contributed by atoms with E-state index in [2.05, 4.69) is 22.5 Å². The molecule has 20 heavy (non-hydrogen) atoms. The first-order chi connectivity index (χ1) is 9.74. The number of pyridine rings is 1. The van der Waals surface area contributed by atoms with Gasteiger partial charge >= 0.3 is 0 Å². The molecular weight excluding hydrogens is 250 g/mol. The number of carbonyl (C=O) groups is 1. The van der Waals surface area contributed by atoms with Crippen molar-refractivity contribution in [2.45, 2.75) is 19.4 Å². The lowest BCUT2D eigenvalue weighted by atomic mass is 10.0. The van der Waals surface area contributed by atoms with E-state index < -0.39 is 0 Å². The summed E-state index contributed by atoms with van der Waals surface area (Å²) in [4.78, 5) is 16.3. The van der Waals surface area contributed by atoms with Crippen molar-refractivity contribution >= 4 is 11.6 Å². The number of benzene rings is 1. The molecule has 1 aromatic carbocycles. The Morgan fingerprint density at radius 1 is 1.20 bits per heavy atom. The van der Waals surface area contributed by atoms with Crippen LogP contribution in [0.25, 0.3) is 0 Å². The van der Waals surface area contributed by atoms with Crippen LogP contribution < -0.4 is 10.6 Å². The predicted molar refractivity (Wildman–Crippen MR) is 80.7 cm³/mol. The second kappa shape index (κ2) is 6.70. The SMILES string of the molecule is CCC(NC(=O)c1ccc(NC)cn1)c1ccccc1. The van der Waals surface area contributed by atoms with Crippen LogP contribution in [-0.4, -0.2) is 17.9 Å². The molecule has 0 radical (unpaired) electrons. The summed E-state index contributed by atoms with van der Waals surface area (Å²) in [5.74, 6) is -0.150. The van der Waals surface area contributed by atoms with Gasteiger partial charge in [0, 0.05) is 7.05 Å². The second-order valence-corrected chi connectivity index (χ2v) is 4.53. The van der Waals surface area contributed by atoms with Crippen LogP contribution in [0.3, 0.4) is 0 Å². The number of hydrogen-bond donors (Lipinski definition) is 2. The number of aromatic nitrogens is 1. The average molecular weight is 269 g/mol. The Kier molecular flexibility index (Phi) is 4.71. The van der Waals surface area contributed by atoms with Crippen LogP contribution in [0.15, 0.2) is 48.7 Å². The molecule has 4 nitrogen and oxygen atoms in total. The molecule has 1 unspecified atom stereocenters. The number of hydrogen-bond acceptors (Lipinski definition) is 3. The van der Waals surface area contributed by atoms with Crippen LogP contribution in [0.1, 0.15) is 35.4 Å². The first-order valence-electron chi connectivity index (χ1n) is 6.74. The van der Waals surface area contributed by atoms with Gasteiger partial charge in [-0.3, -0.25) is 4.79 Å². The molecule has 2 N–H and O–H groups in total. The Bertz CT molecular complexity index is 552. The van der Waals surface area contributed by atoms with Crippen molar-refractivity contribution in [1.82, 2.24) is 10.3 Å². The molecule has 1 amide bonds. The molecule has 1 atom stereocenters. The summed E-state index contributed by atoms with van der Waals surface area (Å²) in [6.07, 6.45) is 2.49. The molecule has 0 aliphatic carbocycles. The Balaban J connectivity index is 2.09. The highest BCUT2D eigenvalue weighted by Gasteiger charge is 2.14. The molecule has 1 heterocycles. The molecule has 1 aromatic heterocycles. The van der Waals surface area contributed by atoms with Crippen LogP contribution in [0.4, 0.5) is 5.69 Å². The lowest BCUT2D eigenvalue weighted by molar-refractivity contribution is 0.0930.